The molecule has 0 fully saturated rings. The van der Waals surface area contributed by atoms with E-state index >= 15 is 0 Å². The summed E-state index contributed by atoms with van der Waals surface area (Å²) < 4.78 is 79.3. The minimum Gasteiger partial charge on any atom is -0.392 e. The van der Waals surface area contributed by atoms with Gasteiger partial charge < -0.3 is 5.73 Å². The van der Waals surface area contributed by atoms with Gasteiger partial charge in [0.1, 0.15) is 0 Å². The molecule has 2 N–H and O–H groups in total. The number of rotatable bonds is 0. The molecule has 0 spiro atoms. The lowest BCUT2D eigenvalue weighted by Crippen LogP contribution is -2.25. The van der Waals surface area contributed by atoms with Gasteiger partial charge in [0.2, 0.25) is 5.83 Å². The molecule has 12 heavy (non-hydrogen) atoms. The molecular weight excluding hydrogens is 195 g/mol. The van der Waals surface area contributed by atoms with Crippen molar-refractivity contribution in [3.63, 3.8) is 0 Å². The van der Waals surface area contributed by atoms with E-state index in [0.717, 1.165) is 0 Å². The van der Waals surface area contributed by atoms with Crippen LogP contribution in [-0.2, 0) is 0 Å². The normalized spacial score (nSPS) is 15.9. The highest BCUT2D eigenvalue weighted by Crippen LogP contribution is 2.33. The topological polar surface area (TPSA) is 26.0 Å². The van der Waals surface area contributed by atoms with Gasteiger partial charge in [-0.05, 0) is 0 Å². The molecule has 0 aromatic carbocycles. The van der Waals surface area contributed by atoms with Crippen molar-refractivity contribution in [3.05, 3.63) is 11.5 Å². The molecule has 0 saturated carbocycles. The Labute approximate surface area is 61.6 Å². The standard InChI is InChI=1S/C4H2F7N/c5-1(3(6,7)8)2(12)4(9,10)11/h12H2. The Kier molecular flexibility index (Phi) is 2.61. The first-order valence-electron chi connectivity index (χ1n) is 2.36. The number of hydrogen-bond acceptors (Lipinski definition) is 1. The summed E-state index contributed by atoms with van der Waals surface area (Å²) in [6.45, 7) is 0. The fourth-order valence-corrected chi connectivity index (χ4v) is 0.277. The Hall–Kier alpha value is -0.950. The molecule has 0 bridgehead atoms. The molecule has 0 aromatic rings. The van der Waals surface area contributed by atoms with Gasteiger partial charge in [-0.15, -0.1) is 0 Å². The van der Waals surface area contributed by atoms with Crippen LogP contribution < -0.4 is 5.73 Å². The van der Waals surface area contributed by atoms with Crippen LogP contribution in [0.5, 0.6) is 0 Å². The number of halogens is 7. The second kappa shape index (κ2) is 2.83. The van der Waals surface area contributed by atoms with Crippen molar-refractivity contribution in [1.29, 1.82) is 0 Å². The van der Waals surface area contributed by atoms with Crippen LogP contribution in [0.3, 0.4) is 0 Å². The van der Waals surface area contributed by atoms with Crippen LogP contribution in [0.4, 0.5) is 30.7 Å². The lowest BCUT2D eigenvalue weighted by molar-refractivity contribution is -0.128. The van der Waals surface area contributed by atoms with Crippen molar-refractivity contribution in [2.24, 2.45) is 5.73 Å². The molecule has 0 aliphatic carbocycles. The molecule has 72 valence electrons. The Morgan fingerprint density at radius 1 is 0.833 bits per heavy atom. The Bertz CT molecular complexity index is 174. The summed E-state index contributed by atoms with van der Waals surface area (Å²) in [5.74, 6) is -3.32. The minimum absolute atomic E-state index is 2.77. The zero-order valence-electron chi connectivity index (χ0n) is 5.22. The van der Waals surface area contributed by atoms with E-state index in [4.69, 9.17) is 0 Å². The van der Waals surface area contributed by atoms with Crippen molar-refractivity contribution in [2.75, 3.05) is 0 Å². The van der Waals surface area contributed by atoms with E-state index in [9.17, 15) is 30.7 Å². The van der Waals surface area contributed by atoms with Crippen molar-refractivity contribution < 1.29 is 30.7 Å². The Balaban J connectivity index is 4.96. The maximum Gasteiger partial charge on any atom is 0.445 e. The van der Waals surface area contributed by atoms with Gasteiger partial charge in [-0.2, -0.15) is 30.7 Å². The minimum atomic E-state index is -5.69. The molecule has 0 aliphatic heterocycles. The Morgan fingerprint density at radius 2 is 1.17 bits per heavy atom. The first-order valence-corrected chi connectivity index (χ1v) is 2.36. The molecule has 8 heteroatoms. The third-order valence-corrected chi connectivity index (χ3v) is 0.791. The molecule has 0 atom stereocenters. The van der Waals surface area contributed by atoms with E-state index < -0.39 is 23.9 Å². The fraction of sp³-hybridized carbons (Fsp3) is 0.500. The summed E-state index contributed by atoms with van der Waals surface area (Å²) in [6.07, 6.45) is -11.2. The molecule has 0 amide bonds. The van der Waals surface area contributed by atoms with Crippen LogP contribution in [0.1, 0.15) is 0 Å². The van der Waals surface area contributed by atoms with Gasteiger partial charge in [0.15, 0.2) is 5.70 Å². The summed E-state index contributed by atoms with van der Waals surface area (Å²) in [4.78, 5) is 0. The first-order chi connectivity index (χ1) is 5.07. The molecule has 0 unspecified atom stereocenters. The molecule has 0 heterocycles. The number of hydrogen-bond donors (Lipinski definition) is 1. The summed E-state index contributed by atoms with van der Waals surface area (Å²) in [5.41, 5.74) is 1.07. The highest BCUT2D eigenvalue weighted by Gasteiger charge is 2.45. The molecule has 0 saturated heterocycles. The van der Waals surface area contributed by atoms with Crippen molar-refractivity contribution in [3.8, 4) is 0 Å². The van der Waals surface area contributed by atoms with Gasteiger partial charge in [0, 0.05) is 0 Å². The van der Waals surface area contributed by atoms with Crippen LogP contribution in [0, 0.1) is 0 Å². The van der Waals surface area contributed by atoms with Crippen molar-refractivity contribution in [1.82, 2.24) is 0 Å². The molecule has 1 nitrogen and oxygen atoms in total. The largest absolute Gasteiger partial charge is 0.445 e. The van der Waals surface area contributed by atoms with Crippen molar-refractivity contribution in [2.45, 2.75) is 12.4 Å². The third kappa shape index (κ3) is 2.59. The van der Waals surface area contributed by atoms with E-state index in [1.54, 1.807) is 0 Å². The Morgan fingerprint density at radius 3 is 1.25 bits per heavy atom. The smallest absolute Gasteiger partial charge is 0.392 e. The van der Waals surface area contributed by atoms with Crippen LogP contribution in [0.15, 0.2) is 11.5 Å². The maximum absolute atomic E-state index is 11.7. The van der Waals surface area contributed by atoms with Gasteiger partial charge in [-0.3, -0.25) is 0 Å². The molecular formula is C4H2F7N. The van der Waals surface area contributed by atoms with Crippen molar-refractivity contribution >= 4 is 0 Å². The number of nitrogens with two attached hydrogens (primary N) is 1. The average Bonchev–Trinajstić information content (AvgIpc) is 1.80. The van der Waals surface area contributed by atoms with E-state index in [0.29, 0.717) is 0 Å². The lowest BCUT2D eigenvalue weighted by atomic mass is 10.3. The van der Waals surface area contributed by atoms with Gasteiger partial charge in [0.25, 0.3) is 0 Å². The SMILES string of the molecule is NC(=C(F)C(F)(F)F)C(F)(F)F. The van der Waals surface area contributed by atoms with Gasteiger partial charge in [-0.1, -0.05) is 0 Å². The molecule has 0 aliphatic rings. The summed E-state index contributed by atoms with van der Waals surface area (Å²) in [6, 6.07) is 0. The van der Waals surface area contributed by atoms with Gasteiger partial charge >= 0.3 is 12.4 Å². The second-order valence-electron chi connectivity index (χ2n) is 1.72. The number of allylic oxidation sites excluding steroid dienone is 2. The van der Waals surface area contributed by atoms with E-state index in [2.05, 4.69) is 5.73 Å². The van der Waals surface area contributed by atoms with Crippen LogP contribution >= 0.6 is 0 Å². The molecule has 0 radical (unpaired) electrons. The maximum atomic E-state index is 11.7. The lowest BCUT2D eigenvalue weighted by Gasteiger charge is -2.09. The monoisotopic (exact) mass is 197 g/mol. The van der Waals surface area contributed by atoms with E-state index in [-0.39, 0.29) is 0 Å². The molecule has 0 aromatic heterocycles. The average molecular weight is 197 g/mol. The summed E-state index contributed by atoms with van der Waals surface area (Å²) >= 11 is 0. The first kappa shape index (κ1) is 11.0. The zero-order valence-corrected chi connectivity index (χ0v) is 5.22. The quantitative estimate of drug-likeness (QED) is 0.592. The van der Waals surface area contributed by atoms with Gasteiger partial charge in [0.05, 0.1) is 0 Å². The fourth-order valence-electron chi connectivity index (χ4n) is 0.277. The zero-order chi connectivity index (χ0) is 10.2. The van der Waals surface area contributed by atoms with Crippen LogP contribution in [-0.4, -0.2) is 12.4 Å². The third-order valence-electron chi connectivity index (χ3n) is 0.791. The van der Waals surface area contributed by atoms with E-state index in [1.807, 2.05) is 0 Å². The van der Waals surface area contributed by atoms with Crippen LogP contribution in [0.25, 0.3) is 0 Å². The summed E-state index contributed by atoms with van der Waals surface area (Å²) in [5, 5.41) is 0. The predicted molar refractivity (Wildman–Crippen MR) is 24.4 cm³/mol. The van der Waals surface area contributed by atoms with Gasteiger partial charge in [-0.25, -0.2) is 0 Å². The molecule has 0 rings (SSSR count). The second-order valence-corrected chi connectivity index (χ2v) is 1.72. The van der Waals surface area contributed by atoms with Crippen LogP contribution in [0.2, 0.25) is 0 Å². The highest BCUT2D eigenvalue weighted by molar-refractivity contribution is 5.13. The number of alkyl halides is 6. The summed E-state index contributed by atoms with van der Waals surface area (Å²) in [7, 11) is 0. The highest BCUT2D eigenvalue weighted by atomic mass is 19.4. The van der Waals surface area contributed by atoms with E-state index in [1.165, 1.54) is 0 Å². The predicted octanol–water partition coefficient (Wildman–Crippen LogP) is 2.25.